The maximum Gasteiger partial charge on any atom is 0.300 e. The first-order valence-electron chi connectivity index (χ1n) is 10.3. The van der Waals surface area contributed by atoms with Crippen molar-refractivity contribution in [3.05, 3.63) is 70.2 Å². The van der Waals surface area contributed by atoms with E-state index in [-0.39, 0.29) is 6.04 Å². The van der Waals surface area contributed by atoms with Crippen LogP contribution in [0.3, 0.4) is 0 Å². The first kappa shape index (κ1) is 24.2. The van der Waals surface area contributed by atoms with Crippen molar-refractivity contribution in [1.29, 1.82) is 0 Å². The third-order valence-corrected chi connectivity index (χ3v) is 5.74. The van der Waals surface area contributed by atoms with Gasteiger partial charge < -0.3 is 10.0 Å². The third-order valence-electron chi connectivity index (χ3n) is 5.23. The van der Waals surface area contributed by atoms with Gasteiger partial charge in [0, 0.05) is 29.9 Å². The van der Waals surface area contributed by atoms with E-state index in [0.29, 0.717) is 5.91 Å². The molecule has 6 heteroatoms. The summed E-state index contributed by atoms with van der Waals surface area (Å²) in [4.78, 5) is 23.3. The molecule has 1 aliphatic heterocycles. The zero-order chi connectivity index (χ0) is 21.9. The normalized spacial score (nSPS) is 18.3. The predicted molar refractivity (Wildman–Crippen MR) is 122 cm³/mol. The van der Waals surface area contributed by atoms with Gasteiger partial charge in [-0.05, 0) is 61.4 Å². The summed E-state index contributed by atoms with van der Waals surface area (Å²) in [6, 6.07) is 17.7. The molecule has 162 valence electrons. The van der Waals surface area contributed by atoms with Gasteiger partial charge in [-0.15, -0.1) is 0 Å². The van der Waals surface area contributed by atoms with Crippen molar-refractivity contribution >= 4 is 35.1 Å². The monoisotopic (exact) mass is 449 g/mol. The fourth-order valence-corrected chi connectivity index (χ4v) is 3.82. The van der Waals surface area contributed by atoms with Crippen LogP contribution in [0.2, 0.25) is 10.0 Å². The van der Waals surface area contributed by atoms with E-state index < -0.39 is 5.97 Å². The lowest BCUT2D eigenvalue weighted by atomic mass is 9.83. The zero-order valence-corrected chi connectivity index (χ0v) is 18.8. The molecule has 2 aliphatic rings. The third kappa shape index (κ3) is 8.37. The Hall–Kier alpha value is -2.04. The number of carboxylic acids is 1. The van der Waals surface area contributed by atoms with Crippen molar-refractivity contribution < 1.29 is 14.7 Å². The van der Waals surface area contributed by atoms with Gasteiger partial charge in [-0.1, -0.05) is 60.0 Å². The SMILES string of the molecule is CC(=O)O.Clc1ccccc1.O=C1CCC[C@@H](c2ccc(Cl)cc2)N1CC1CCC1. The molecule has 0 radical (unpaired) electrons. The van der Waals surface area contributed by atoms with Crippen LogP contribution in [-0.2, 0) is 9.59 Å². The van der Waals surface area contributed by atoms with Crippen molar-refractivity contribution in [3.63, 3.8) is 0 Å². The Morgan fingerprint density at radius 1 is 0.967 bits per heavy atom. The van der Waals surface area contributed by atoms with Gasteiger partial charge in [0.15, 0.2) is 0 Å². The van der Waals surface area contributed by atoms with E-state index in [1.807, 2.05) is 42.5 Å². The Morgan fingerprint density at radius 2 is 1.53 bits per heavy atom. The fraction of sp³-hybridized carbons (Fsp3) is 0.417. The van der Waals surface area contributed by atoms with Gasteiger partial charge in [0.1, 0.15) is 0 Å². The fourth-order valence-electron chi connectivity index (χ4n) is 3.55. The van der Waals surface area contributed by atoms with E-state index in [4.69, 9.17) is 33.1 Å². The minimum Gasteiger partial charge on any atom is -0.481 e. The summed E-state index contributed by atoms with van der Waals surface area (Å²) in [5, 5.41) is 8.97. The Balaban J connectivity index is 0.000000241. The number of piperidine rings is 1. The number of nitrogens with zero attached hydrogens (tertiary/aromatic N) is 1. The summed E-state index contributed by atoms with van der Waals surface area (Å²) in [6.45, 7) is 2.03. The highest BCUT2D eigenvalue weighted by Crippen LogP contribution is 2.36. The van der Waals surface area contributed by atoms with Crippen molar-refractivity contribution in [3.8, 4) is 0 Å². The van der Waals surface area contributed by atoms with Gasteiger partial charge in [-0.3, -0.25) is 9.59 Å². The molecule has 2 aromatic carbocycles. The molecule has 1 saturated heterocycles. The molecular formula is C24H29Cl2NO3. The number of carboxylic acid groups (broad SMARTS) is 1. The lowest BCUT2D eigenvalue weighted by molar-refractivity contribution is -0.138. The molecule has 0 unspecified atom stereocenters. The predicted octanol–water partition coefficient (Wildman–Crippen LogP) is 6.62. The van der Waals surface area contributed by atoms with Crippen molar-refractivity contribution in [1.82, 2.24) is 4.90 Å². The van der Waals surface area contributed by atoms with Crippen LogP contribution in [0.25, 0.3) is 0 Å². The Morgan fingerprint density at radius 3 is 2.00 bits per heavy atom. The van der Waals surface area contributed by atoms with Gasteiger partial charge >= 0.3 is 0 Å². The average Bonchev–Trinajstić information content (AvgIpc) is 2.67. The van der Waals surface area contributed by atoms with Crippen LogP contribution >= 0.6 is 23.2 Å². The number of carbonyl (C=O) groups is 2. The minimum absolute atomic E-state index is 0.263. The van der Waals surface area contributed by atoms with Gasteiger partial charge in [0.25, 0.3) is 5.97 Å². The van der Waals surface area contributed by atoms with E-state index >= 15 is 0 Å². The first-order chi connectivity index (χ1) is 14.4. The second kappa shape index (κ2) is 12.6. The summed E-state index contributed by atoms with van der Waals surface area (Å²) < 4.78 is 0. The molecule has 4 nitrogen and oxygen atoms in total. The maximum atomic E-state index is 12.2. The van der Waals surface area contributed by atoms with Crippen molar-refractivity contribution in [2.24, 2.45) is 5.92 Å². The molecule has 1 N–H and O–H groups in total. The molecule has 30 heavy (non-hydrogen) atoms. The van der Waals surface area contributed by atoms with Gasteiger partial charge in [0.05, 0.1) is 6.04 Å². The summed E-state index contributed by atoms with van der Waals surface area (Å²) in [5.41, 5.74) is 1.23. The molecular weight excluding hydrogens is 421 g/mol. The molecule has 0 bridgehead atoms. The standard InChI is InChI=1S/C16H20ClNO.C6H5Cl.C2H4O2/c17-14-9-7-13(8-10-14)15-5-2-6-16(19)18(15)11-12-3-1-4-12;7-6-4-2-1-3-5-6;1-2(3)4/h7-10,12,15H,1-6,11H2;1-5H;1H3,(H,3,4)/t15-;;/m0../s1. The van der Waals surface area contributed by atoms with Gasteiger partial charge in [0.2, 0.25) is 5.91 Å². The number of rotatable bonds is 3. The smallest absolute Gasteiger partial charge is 0.300 e. The number of aliphatic carboxylic acids is 1. The second-order valence-electron chi connectivity index (χ2n) is 7.62. The Bertz CT molecular complexity index is 788. The molecule has 1 aliphatic carbocycles. The first-order valence-corrected chi connectivity index (χ1v) is 11.1. The van der Waals surface area contributed by atoms with Crippen LogP contribution in [0.4, 0.5) is 0 Å². The van der Waals surface area contributed by atoms with Crippen molar-refractivity contribution in [2.45, 2.75) is 51.5 Å². The molecule has 1 atom stereocenters. The molecule has 4 rings (SSSR count). The lowest BCUT2D eigenvalue weighted by Crippen LogP contribution is -2.42. The minimum atomic E-state index is -0.833. The van der Waals surface area contributed by atoms with Crippen LogP contribution in [0.15, 0.2) is 54.6 Å². The molecule has 1 heterocycles. The highest BCUT2D eigenvalue weighted by atomic mass is 35.5. The Labute approximate surface area is 188 Å². The number of carbonyl (C=O) groups excluding carboxylic acids is 1. The van der Waals surface area contributed by atoms with E-state index in [1.54, 1.807) is 0 Å². The van der Waals surface area contributed by atoms with Crippen LogP contribution < -0.4 is 0 Å². The summed E-state index contributed by atoms with van der Waals surface area (Å²) in [6.07, 6.45) is 6.72. The number of benzene rings is 2. The van der Waals surface area contributed by atoms with Gasteiger partial charge in [-0.2, -0.15) is 0 Å². The van der Waals surface area contributed by atoms with Crippen LogP contribution in [0.5, 0.6) is 0 Å². The summed E-state index contributed by atoms with van der Waals surface area (Å²) in [7, 11) is 0. The largest absolute Gasteiger partial charge is 0.481 e. The van der Waals surface area contributed by atoms with Crippen molar-refractivity contribution in [2.75, 3.05) is 6.54 Å². The molecule has 2 fully saturated rings. The van der Waals surface area contributed by atoms with Crippen LogP contribution in [0, 0.1) is 5.92 Å². The zero-order valence-electron chi connectivity index (χ0n) is 17.3. The number of amides is 1. The maximum absolute atomic E-state index is 12.2. The Kier molecular flexibility index (Phi) is 10.2. The van der Waals surface area contributed by atoms with E-state index in [0.717, 1.165) is 48.7 Å². The van der Waals surface area contributed by atoms with E-state index in [9.17, 15) is 4.79 Å². The van der Waals surface area contributed by atoms with Crippen LogP contribution in [-0.4, -0.2) is 28.4 Å². The topological polar surface area (TPSA) is 57.6 Å². The van der Waals surface area contributed by atoms with Crippen LogP contribution in [0.1, 0.15) is 57.1 Å². The average molecular weight is 450 g/mol. The molecule has 2 aromatic rings. The number of halogens is 2. The number of hydrogen-bond donors (Lipinski definition) is 1. The highest BCUT2D eigenvalue weighted by Gasteiger charge is 2.32. The quantitative estimate of drug-likeness (QED) is 0.571. The number of likely N-dealkylation sites (tertiary alicyclic amines) is 1. The molecule has 1 saturated carbocycles. The van der Waals surface area contributed by atoms with Gasteiger partial charge in [-0.25, -0.2) is 0 Å². The molecule has 1 amide bonds. The number of hydrogen-bond acceptors (Lipinski definition) is 2. The second-order valence-corrected chi connectivity index (χ2v) is 8.49. The molecule has 0 spiro atoms. The lowest BCUT2D eigenvalue weighted by Gasteiger charge is -2.40. The van der Waals surface area contributed by atoms with E-state index in [1.165, 1.54) is 24.8 Å². The highest BCUT2D eigenvalue weighted by molar-refractivity contribution is 6.30. The molecule has 0 aromatic heterocycles. The summed E-state index contributed by atoms with van der Waals surface area (Å²) in [5.74, 6) is 0.231. The van der Waals surface area contributed by atoms with E-state index in [2.05, 4.69) is 17.0 Å². The summed E-state index contributed by atoms with van der Waals surface area (Å²) >= 11 is 11.5.